The van der Waals surface area contributed by atoms with Crippen molar-refractivity contribution in [2.75, 3.05) is 0 Å². The van der Waals surface area contributed by atoms with Crippen LogP contribution in [0.4, 0.5) is 0 Å². The predicted octanol–water partition coefficient (Wildman–Crippen LogP) is 1.60. The predicted molar refractivity (Wildman–Crippen MR) is 67.9 cm³/mol. The van der Waals surface area contributed by atoms with E-state index < -0.39 is 0 Å². The molecule has 100 valence electrons. The molecule has 3 N–H and O–H groups in total. The quantitative estimate of drug-likeness (QED) is 0.855. The highest BCUT2D eigenvalue weighted by Gasteiger charge is 2.29. The largest absolute Gasteiger partial charge is 0.361 e. The number of aromatic nitrogens is 1. The molecule has 1 aromatic rings. The van der Waals surface area contributed by atoms with Crippen molar-refractivity contribution < 1.29 is 9.32 Å². The van der Waals surface area contributed by atoms with Gasteiger partial charge in [-0.1, -0.05) is 5.16 Å². The van der Waals surface area contributed by atoms with Crippen LogP contribution >= 0.6 is 0 Å². The summed E-state index contributed by atoms with van der Waals surface area (Å²) in [4.78, 5) is 12.1. The Morgan fingerprint density at radius 3 is 2.72 bits per heavy atom. The molecule has 1 aromatic heterocycles. The molecule has 1 amide bonds. The minimum absolute atomic E-state index is 0.0583. The van der Waals surface area contributed by atoms with E-state index in [2.05, 4.69) is 10.5 Å². The summed E-state index contributed by atoms with van der Waals surface area (Å²) in [6.45, 7) is 5.71. The van der Waals surface area contributed by atoms with E-state index >= 15 is 0 Å². The van der Waals surface area contributed by atoms with Gasteiger partial charge in [-0.15, -0.1) is 0 Å². The number of nitrogens with two attached hydrogens (primary N) is 1. The SMILES string of the molecule is Cc1noc(C)c1C(C)NC(=O)C1CCC(N)C1. The summed E-state index contributed by atoms with van der Waals surface area (Å²) in [5.41, 5.74) is 7.65. The third-order valence-electron chi connectivity index (χ3n) is 3.72. The first-order valence-corrected chi connectivity index (χ1v) is 6.47. The second-order valence-corrected chi connectivity index (χ2v) is 5.24. The van der Waals surface area contributed by atoms with E-state index in [-0.39, 0.29) is 23.9 Å². The number of hydrogen-bond acceptors (Lipinski definition) is 4. The molecule has 1 heterocycles. The van der Waals surface area contributed by atoms with Gasteiger partial charge in [-0.2, -0.15) is 0 Å². The third-order valence-corrected chi connectivity index (χ3v) is 3.72. The van der Waals surface area contributed by atoms with Crippen LogP contribution < -0.4 is 11.1 Å². The van der Waals surface area contributed by atoms with E-state index in [1.807, 2.05) is 20.8 Å². The van der Waals surface area contributed by atoms with Gasteiger partial charge in [-0.3, -0.25) is 4.79 Å². The number of nitrogens with zero attached hydrogens (tertiary/aromatic N) is 1. The highest BCUT2D eigenvalue weighted by molar-refractivity contribution is 5.79. The monoisotopic (exact) mass is 251 g/mol. The van der Waals surface area contributed by atoms with Crippen LogP contribution in [0, 0.1) is 19.8 Å². The second-order valence-electron chi connectivity index (χ2n) is 5.24. The molecular weight excluding hydrogens is 230 g/mol. The molecule has 5 heteroatoms. The number of rotatable bonds is 3. The number of aryl methyl sites for hydroxylation is 2. The Balaban J connectivity index is 1.99. The third kappa shape index (κ3) is 2.56. The van der Waals surface area contributed by atoms with Gasteiger partial charge < -0.3 is 15.6 Å². The minimum Gasteiger partial charge on any atom is -0.361 e. The van der Waals surface area contributed by atoms with E-state index in [1.54, 1.807) is 0 Å². The van der Waals surface area contributed by atoms with Crippen LogP contribution in [0.25, 0.3) is 0 Å². The lowest BCUT2D eigenvalue weighted by molar-refractivity contribution is -0.125. The molecule has 2 rings (SSSR count). The van der Waals surface area contributed by atoms with Crippen LogP contribution in [-0.4, -0.2) is 17.1 Å². The van der Waals surface area contributed by atoms with Gasteiger partial charge in [0.15, 0.2) is 0 Å². The van der Waals surface area contributed by atoms with Crippen molar-refractivity contribution in [3.8, 4) is 0 Å². The van der Waals surface area contributed by atoms with Gasteiger partial charge in [-0.25, -0.2) is 0 Å². The number of nitrogens with one attached hydrogen (secondary N) is 1. The van der Waals surface area contributed by atoms with E-state index in [9.17, 15) is 4.79 Å². The Kier molecular flexibility index (Phi) is 3.71. The van der Waals surface area contributed by atoms with Crippen molar-refractivity contribution in [3.63, 3.8) is 0 Å². The lowest BCUT2D eigenvalue weighted by Crippen LogP contribution is -2.32. The molecule has 1 aliphatic carbocycles. The van der Waals surface area contributed by atoms with Gasteiger partial charge in [-0.05, 0) is 40.0 Å². The Bertz CT molecular complexity index is 422. The highest BCUT2D eigenvalue weighted by Crippen LogP contribution is 2.26. The van der Waals surface area contributed by atoms with Crippen molar-refractivity contribution in [2.24, 2.45) is 11.7 Å². The van der Waals surface area contributed by atoms with Crippen molar-refractivity contribution in [3.05, 3.63) is 17.0 Å². The number of carbonyl (C=O) groups excluding carboxylic acids is 1. The van der Waals surface area contributed by atoms with Crippen LogP contribution in [0.2, 0.25) is 0 Å². The molecule has 0 bridgehead atoms. The first kappa shape index (κ1) is 13.1. The molecule has 0 aliphatic heterocycles. The summed E-state index contributed by atoms with van der Waals surface area (Å²) >= 11 is 0. The summed E-state index contributed by atoms with van der Waals surface area (Å²) in [7, 11) is 0. The van der Waals surface area contributed by atoms with Gasteiger partial charge in [0.2, 0.25) is 5.91 Å². The van der Waals surface area contributed by atoms with Gasteiger partial charge in [0.05, 0.1) is 11.7 Å². The topological polar surface area (TPSA) is 81.2 Å². The molecule has 1 fully saturated rings. The summed E-state index contributed by atoms with van der Waals surface area (Å²) in [6, 6.07) is 0.107. The molecule has 0 saturated heterocycles. The molecular formula is C13H21N3O2. The maximum atomic E-state index is 12.1. The fourth-order valence-corrected chi connectivity index (χ4v) is 2.77. The summed E-state index contributed by atoms with van der Waals surface area (Å²) in [5.74, 6) is 0.918. The van der Waals surface area contributed by atoms with E-state index in [1.165, 1.54) is 0 Å². The van der Waals surface area contributed by atoms with Gasteiger partial charge >= 0.3 is 0 Å². The number of amides is 1. The zero-order valence-corrected chi connectivity index (χ0v) is 11.2. The van der Waals surface area contributed by atoms with Crippen LogP contribution in [0.1, 0.15) is 49.2 Å². The fraction of sp³-hybridized carbons (Fsp3) is 0.692. The van der Waals surface area contributed by atoms with Crippen molar-refractivity contribution >= 4 is 5.91 Å². The van der Waals surface area contributed by atoms with Crippen LogP contribution in [0.15, 0.2) is 4.52 Å². The average Bonchev–Trinajstić information content (AvgIpc) is 2.85. The Hall–Kier alpha value is -1.36. The number of carbonyl (C=O) groups is 1. The van der Waals surface area contributed by atoms with Crippen LogP contribution in [-0.2, 0) is 4.79 Å². The first-order chi connectivity index (χ1) is 8.49. The van der Waals surface area contributed by atoms with Crippen molar-refractivity contribution in [1.29, 1.82) is 0 Å². The maximum absolute atomic E-state index is 12.1. The van der Waals surface area contributed by atoms with Crippen molar-refractivity contribution in [1.82, 2.24) is 10.5 Å². The van der Waals surface area contributed by atoms with Gasteiger partial charge in [0.25, 0.3) is 0 Å². The smallest absolute Gasteiger partial charge is 0.223 e. The molecule has 1 aliphatic rings. The molecule has 0 radical (unpaired) electrons. The van der Waals surface area contributed by atoms with Gasteiger partial charge in [0, 0.05) is 17.5 Å². The molecule has 5 nitrogen and oxygen atoms in total. The standard InChI is InChI=1S/C13H21N3O2/c1-7(12-8(2)16-18-9(12)3)15-13(17)10-4-5-11(14)6-10/h7,10-11H,4-6,14H2,1-3H3,(H,15,17). The summed E-state index contributed by atoms with van der Waals surface area (Å²) < 4.78 is 5.12. The Labute approximate surface area is 107 Å². The normalized spacial score (nSPS) is 25.1. The van der Waals surface area contributed by atoms with Crippen LogP contribution in [0.5, 0.6) is 0 Å². The molecule has 1 saturated carbocycles. The lowest BCUT2D eigenvalue weighted by Gasteiger charge is -2.17. The summed E-state index contributed by atoms with van der Waals surface area (Å²) in [5, 5.41) is 6.94. The highest BCUT2D eigenvalue weighted by atomic mass is 16.5. The molecule has 3 atom stereocenters. The Morgan fingerprint density at radius 1 is 1.50 bits per heavy atom. The first-order valence-electron chi connectivity index (χ1n) is 6.47. The average molecular weight is 251 g/mol. The molecule has 18 heavy (non-hydrogen) atoms. The lowest BCUT2D eigenvalue weighted by atomic mass is 10.0. The summed E-state index contributed by atoms with van der Waals surface area (Å²) in [6.07, 6.45) is 2.62. The van der Waals surface area contributed by atoms with Crippen molar-refractivity contribution in [2.45, 2.75) is 52.1 Å². The van der Waals surface area contributed by atoms with Crippen LogP contribution in [0.3, 0.4) is 0 Å². The number of hydrogen-bond donors (Lipinski definition) is 2. The van der Waals surface area contributed by atoms with E-state index in [0.29, 0.717) is 0 Å². The van der Waals surface area contributed by atoms with Gasteiger partial charge in [0.1, 0.15) is 5.76 Å². The maximum Gasteiger partial charge on any atom is 0.223 e. The Morgan fingerprint density at radius 2 is 2.22 bits per heavy atom. The molecule has 0 aromatic carbocycles. The zero-order chi connectivity index (χ0) is 13.3. The minimum atomic E-state index is -0.0689. The second kappa shape index (κ2) is 5.10. The molecule has 0 spiro atoms. The van der Waals surface area contributed by atoms with E-state index in [0.717, 1.165) is 36.3 Å². The fourth-order valence-electron chi connectivity index (χ4n) is 2.77. The van der Waals surface area contributed by atoms with E-state index in [4.69, 9.17) is 10.3 Å². The molecule has 3 unspecified atom stereocenters. The zero-order valence-electron chi connectivity index (χ0n) is 11.2.